The van der Waals surface area contributed by atoms with Crippen LogP contribution in [-0.2, 0) is 27.1 Å². The van der Waals surface area contributed by atoms with Gasteiger partial charge in [0.25, 0.3) is 5.91 Å². The molecule has 10 nitrogen and oxygen atoms in total. The van der Waals surface area contributed by atoms with E-state index in [-0.39, 0.29) is 11.6 Å². The Bertz CT molecular complexity index is 2350. The maximum atomic E-state index is 15.0. The summed E-state index contributed by atoms with van der Waals surface area (Å²) in [5.74, 6) is -0.520. The molecule has 0 radical (unpaired) electrons. The molecule has 1 N–H and O–H groups in total. The van der Waals surface area contributed by atoms with Gasteiger partial charge in [-0.1, -0.05) is 41.4 Å². The van der Waals surface area contributed by atoms with Crippen molar-refractivity contribution in [2.24, 2.45) is 14.1 Å². The van der Waals surface area contributed by atoms with Crippen LogP contribution in [0, 0.1) is 27.7 Å². The topological polar surface area (TPSA) is 107 Å². The van der Waals surface area contributed by atoms with Crippen molar-refractivity contribution in [1.29, 1.82) is 0 Å². The molecule has 0 fully saturated rings. The van der Waals surface area contributed by atoms with E-state index in [1.54, 1.807) is 28.8 Å². The molecule has 1 amide bonds. The van der Waals surface area contributed by atoms with Gasteiger partial charge in [-0.2, -0.15) is 10.2 Å². The normalized spacial score (nSPS) is 13.4. The largest absolute Gasteiger partial charge is 0.494 e. The number of aromatic nitrogens is 5. The first-order valence-electron chi connectivity index (χ1n) is 16.6. The van der Waals surface area contributed by atoms with Crippen molar-refractivity contribution in [2.45, 2.75) is 53.5 Å². The smallest absolute Gasteiger partial charge is 0.357 e. The molecule has 7 rings (SSSR count). The van der Waals surface area contributed by atoms with E-state index in [0.29, 0.717) is 66.3 Å². The first kappa shape index (κ1) is 33.7. The Balaban J connectivity index is 1.38. The quantitative estimate of drug-likeness (QED) is 0.159. The maximum Gasteiger partial charge on any atom is 0.357 e. The number of amides is 1. The number of rotatable bonds is 8. The fourth-order valence-corrected chi connectivity index (χ4v) is 7.91. The van der Waals surface area contributed by atoms with Crippen LogP contribution in [0.15, 0.2) is 42.5 Å². The summed E-state index contributed by atoms with van der Waals surface area (Å²) in [7, 11) is 3.63. The number of ether oxygens (including phenoxy) is 1. The van der Waals surface area contributed by atoms with E-state index < -0.39 is 5.97 Å². The minimum atomic E-state index is -1.12. The van der Waals surface area contributed by atoms with Crippen LogP contribution in [-0.4, -0.2) is 54.3 Å². The van der Waals surface area contributed by atoms with Crippen LogP contribution >= 0.6 is 23.2 Å². The highest BCUT2D eigenvalue weighted by molar-refractivity contribution is 6.35. The van der Waals surface area contributed by atoms with Crippen LogP contribution in [0.4, 0.5) is 5.69 Å². The highest BCUT2D eigenvalue weighted by Crippen LogP contribution is 2.43. The van der Waals surface area contributed by atoms with Gasteiger partial charge in [0.15, 0.2) is 5.69 Å². The SMILES string of the molecule is Cc1cc(OCCCc2c3n(c4c(-c5c(C)nn(C)c5C)c(Cl)ccc24)CCCN(c2cccc4c(C(=O)O)nn(C)c24)C3=O)cc(C)c1Cl. The van der Waals surface area contributed by atoms with Crippen LogP contribution < -0.4 is 9.64 Å². The molecule has 258 valence electrons. The molecular weight excluding hydrogens is 675 g/mol. The lowest BCUT2D eigenvalue weighted by Gasteiger charge is -2.22. The molecule has 50 heavy (non-hydrogen) atoms. The zero-order valence-electron chi connectivity index (χ0n) is 28.9. The van der Waals surface area contributed by atoms with Crippen LogP contribution in [0.3, 0.4) is 0 Å². The molecule has 4 heterocycles. The molecule has 1 aliphatic rings. The van der Waals surface area contributed by atoms with Crippen LogP contribution in [0.2, 0.25) is 10.0 Å². The van der Waals surface area contributed by atoms with Gasteiger partial charge in [0, 0.05) is 59.8 Å². The predicted octanol–water partition coefficient (Wildman–Crippen LogP) is 8.23. The van der Waals surface area contributed by atoms with Gasteiger partial charge >= 0.3 is 5.97 Å². The van der Waals surface area contributed by atoms with E-state index >= 15 is 4.79 Å². The second kappa shape index (κ2) is 12.8. The molecule has 0 unspecified atom stereocenters. The lowest BCUT2D eigenvalue weighted by atomic mass is 9.98. The van der Waals surface area contributed by atoms with Crippen LogP contribution in [0.5, 0.6) is 5.75 Å². The van der Waals surface area contributed by atoms with Gasteiger partial charge in [-0.25, -0.2) is 4.79 Å². The van der Waals surface area contributed by atoms with E-state index in [2.05, 4.69) is 9.67 Å². The molecule has 0 bridgehead atoms. The molecule has 0 saturated heterocycles. The summed E-state index contributed by atoms with van der Waals surface area (Å²) >= 11 is 13.4. The molecule has 1 aliphatic heterocycles. The number of para-hydroxylation sites is 1. The molecule has 0 spiro atoms. The highest BCUT2D eigenvalue weighted by atomic mass is 35.5. The van der Waals surface area contributed by atoms with Gasteiger partial charge in [0.2, 0.25) is 0 Å². The molecular formula is C38H38Cl2N6O4. The zero-order chi connectivity index (χ0) is 35.6. The fourth-order valence-electron chi connectivity index (χ4n) is 7.55. The van der Waals surface area contributed by atoms with Crippen molar-refractivity contribution in [3.05, 3.63) is 92.0 Å². The Kier molecular flexibility index (Phi) is 8.64. The first-order chi connectivity index (χ1) is 23.9. The van der Waals surface area contributed by atoms with Gasteiger partial charge in [0.05, 0.1) is 34.0 Å². The van der Waals surface area contributed by atoms with E-state index in [0.717, 1.165) is 60.9 Å². The summed E-state index contributed by atoms with van der Waals surface area (Å²) < 4.78 is 11.7. The molecule has 12 heteroatoms. The summed E-state index contributed by atoms with van der Waals surface area (Å²) in [4.78, 5) is 28.8. The Hall–Kier alpha value is -4.80. The number of carboxylic acid groups (broad SMARTS) is 1. The number of carbonyl (C=O) groups is 2. The number of anilines is 1. The van der Waals surface area contributed by atoms with Gasteiger partial charge in [-0.15, -0.1) is 0 Å². The third-order valence-corrected chi connectivity index (χ3v) is 10.7. The summed E-state index contributed by atoms with van der Waals surface area (Å²) in [6.45, 7) is 9.40. The second-order valence-corrected chi connectivity index (χ2v) is 13.8. The zero-order valence-corrected chi connectivity index (χ0v) is 30.4. The summed E-state index contributed by atoms with van der Waals surface area (Å²) in [5.41, 5.74) is 9.17. The average Bonchev–Trinajstić information content (AvgIpc) is 3.62. The molecule has 6 aromatic rings. The Morgan fingerprint density at radius 2 is 1.66 bits per heavy atom. The van der Waals surface area contributed by atoms with E-state index in [4.69, 9.17) is 33.0 Å². The van der Waals surface area contributed by atoms with Gasteiger partial charge in [-0.05, 0) is 87.9 Å². The number of aromatic carboxylic acids is 1. The van der Waals surface area contributed by atoms with E-state index in [9.17, 15) is 9.90 Å². The lowest BCUT2D eigenvalue weighted by Crippen LogP contribution is -2.32. The van der Waals surface area contributed by atoms with Gasteiger partial charge in [0.1, 0.15) is 11.4 Å². The number of fused-ring (bicyclic) bond motifs is 4. The Labute approximate surface area is 299 Å². The molecule has 0 saturated carbocycles. The lowest BCUT2D eigenvalue weighted by molar-refractivity contribution is 0.0691. The van der Waals surface area contributed by atoms with Crippen molar-refractivity contribution >= 4 is 62.6 Å². The maximum absolute atomic E-state index is 15.0. The number of carbonyl (C=O) groups excluding carboxylic acids is 1. The molecule has 0 atom stereocenters. The number of nitrogens with zero attached hydrogens (tertiary/aromatic N) is 6. The molecule has 3 aromatic heterocycles. The minimum Gasteiger partial charge on any atom is -0.494 e. The van der Waals surface area contributed by atoms with E-state index in [1.165, 1.54) is 0 Å². The van der Waals surface area contributed by atoms with Gasteiger partial charge in [-0.3, -0.25) is 14.2 Å². The van der Waals surface area contributed by atoms with Crippen LogP contribution in [0.1, 0.15) is 61.9 Å². The number of aryl methyl sites for hydroxylation is 7. The third kappa shape index (κ3) is 5.41. The highest BCUT2D eigenvalue weighted by Gasteiger charge is 2.33. The summed E-state index contributed by atoms with van der Waals surface area (Å²) in [6.07, 6.45) is 1.90. The standard InChI is InChI=1S/C38H38Cl2N6O4/c1-20-18-24(19-21(2)32(20)40)50-17-8-11-25-26-13-14-28(39)31(30-22(3)41-43(5)23(30)4)35(26)46-16-9-15-45(37(47)36(25)46)29-12-7-10-27-33(38(48)49)42-44(6)34(27)29/h7,10,12-14,18-19H,8-9,11,15-17H2,1-6H3,(H,48,49). The minimum absolute atomic E-state index is 0.0472. The van der Waals surface area contributed by atoms with Crippen molar-refractivity contribution in [2.75, 3.05) is 18.1 Å². The number of hydrogen-bond donors (Lipinski definition) is 1. The Morgan fingerprint density at radius 1 is 0.920 bits per heavy atom. The number of benzene rings is 3. The summed E-state index contributed by atoms with van der Waals surface area (Å²) in [6, 6.07) is 13.2. The predicted molar refractivity (Wildman–Crippen MR) is 197 cm³/mol. The Morgan fingerprint density at radius 3 is 2.34 bits per heavy atom. The molecule has 0 aliphatic carbocycles. The van der Waals surface area contributed by atoms with Crippen molar-refractivity contribution in [3.63, 3.8) is 0 Å². The fraction of sp³-hybridized carbons (Fsp3) is 0.316. The number of hydrogen-bond acceptors (Lipinski definition) is 5. The summed E-state index contributed by atoms with van der Waals surface area (Å²) in [5, 5.41) is 21.6. The van der Waals surface area contributed by atoms with Crippen molar-refractivity contribution < 1.29 is 19.4 Å². The average molecular weight is 714 g/mol. The van der Waals surface area contributed by atoms with Crippen molar-refractivity contribution in [3.8, 4) is 16.9 Å². The monoisotopic (exact) mass is 712 g/mol. The third-order valence-electron chi connectivity index (χ3n) is 9.83. The molecule has 3 aromatic carbocycles. The number of carboxylic acids is 1. The van der Waals surface area contributed by atoms with Crippen LogP contribution in [0.25, 0.3) is 32.9 Å². The van der Waals surface area contributed by atoms with Crippen molar-refractivity contribution in [1.82, 2.24) is 24.1 Å². The van der Waals surface area contributed by atoms with Gasteiger partial charge < -0.3 is 19.3 Å². The first-order valence-corrected chi connectivity index (χ1v) is 17.4. The number of halogens is 2. The van der Waals surface area contributed by atoms with E-state index in [1.807, 2.05) is 69.8 Å². The second-order valence-electron chi connectivity index (χ2n) is 13.1.